The van der Waals surface area contributed by atoms with E-state index in [2.05, 4.69) is 14.9 Å². The molecule has 2 heterocycles. The lowest BCUT2D eigenvalue weighted by Gasteiger charge is -2.25. The molecule has 24 heavy (non-hydrogen) atoms. The smallest absolute Gasteiger partial charge is 0.410 e. The van der Waals surface area contributed by atoms with E-state index in [1.54, 1.807) is 11.0 Å². The van der Waals surface area contributed by atoms with Crippen LogP contribution in [0.1, 0.15) is 27.2 Å². The highest BCUT2D eigenvalue weighted by Crippen LogP contribution is 2.24. The number of thioether (sulfide) groups is 1. The molecular weight excluding hydrogens is 348 g/mol. The fraction of sp³-hybridized carbons (Fsp3) is 0.688. The summed E-state index contributed by atoms with van der Waals surface area (Å²) in [6.07, 6.45) is 2.64. The molecule has 0 unspecified atom stereocenters. The van der Waals surface area contributed by atoms with Gasteiger partial charge in [0.15, 0.2) is 5.16 Å². The molecule has 0 spiro atoms. The van der Waals surface area contributed by atoms with Crippen LogP contribution in [0.4, 0.5) is 10.6 Å². The monoisotopic (exact) mass is 372 g/mol. The second kappa shape index (κ2) is 7.78. The van der Waals surface area contributed by atoms with Crippen molar-refractivity contribution in [2.75, 3.05) is 37.8 Å². The summed E-state index contributed by atoms with van der Waals surface area (Å²) in [5.41, 5.74) is -0.460. The third-order valence-electron chi connectivity index (χ3n) is 3.70. The van der Waals surface area contributed by atoms with Crippen LogP contribution in [-0.2, 0) is 4.74 Å². The number of hydrogen-bond acceptors (Lipinski definition) is 6. The number of carbonyl (C=O) groups excluding carboxylic acids is 1. The van der Waals surface area contributed by atoms with Crippen LogP contribution in [0.25, 0.3) is 0 Å². The molecule has 2 rings (SSSR count). The van der Waals surface area contributed by atoms with Gasteiger partial charge in [-0.1, -0.05) is 23.4 Å². The molecule has 0 N–H and O–H groups in total. The van der Waals surface area contributed by atoms with Crippen LogP contribution in [0.15, 0.2) is 11.2 Å². The zero-order valence-electron chi connectivity index (χ0n) is 14.9. The van der Waals surface area contributed by atoms with E-state index in [1.807, 2.05) is 34.1 Å². The van der Waals surface area contributed by atoms with E-state index < -0.39 is 5.60 Å². The second-order valence-electron chi connectivity index (χ2n) is 7.00. The Bertz CT molecular complexity index is 594. The van der Waals surface area contributed by atoms with Crippen molar-refractivity contribution in [2.24, 2.45) is 5.92 Å². The van der Waals surface area contributed by atoms with Crippen LogP contribution in [0.2, 0.25) is 5.15 Å². The van der Waals surface area contributed by atoms with Gasteiger partial charge < -0.3 is 14.5 Å². The largest absolute Gasteiger partial charge is 0.444 e. The standard InChI is InChI=1S/C16H25ClN4O2S/c1-16(2,3)23-15(22)21-7-6-11(10-21)9-20(4)13-8-12(17)18-14(19-13)24-5/h8,11H,6-7,9-10H2,1-5H3/t11-/m1/s1. The molecule has 1 atom stereocenters. The number of aromatic nitrogens is 2. The number of likely N-dealkylation sites (tertiary alicyclic amines) is 1. The number of amides is 1. The Balaban J connectivity index is 1.93. The maximum absolute atomic E-state index is 12.1. The molecule has 0 saturated carbocycles. The van der Waals surface area contributed by atoms with Gasteiger partial charge in [-0.25, -0.2) is 14.8 Å². The van der Waals surface area contributed by atoms with Gasteiger partial charge in [0.05, 0.1) is 0 Å². The van der Waals surface area contributed by atoms with Crippen molar-refractivity contribution < 1.29 is 9.53 Å². The molecule has 1 aromatic heterocycles. The molecule has 134 valence electrons. The van der Waals surface area contributed by atoms with E-state index in [0.717, 1.165) is 25.3 Å². The summed E-state index contributed by atoms with van der Waals surface area (Å²) in [5.74, 6) is 1.18. The molecule has 0 aromatic carbocycles. The van der Waals surface area contributed by atoms with Crippen LogP contribution in [0.3, 0.4) is 0 Å². The molecule has 6 nitrogen and oxygen atoms in total. The Labute approximate surface area is 152 Å². The van der Waals surface area contributed by atoms with Crippen molar-refractivity contribution in [1.82, 2.24) is 14.9 Å². The summed E-state index contributed by atoms with van der Waals surface area (Å²) in [7, 11) is 1.99. The van der Waals surface area contributed by atoms with Crippen LogP contribution in [0.5, 0.6) is 0 Å². The predicted molar refractivity (Wildman–Crippen MR) is 98.0 cm³/mol. The predicted octanol–water partition coefficient (Wildman–Crippen LogP) is 3.55. The summed E-state index contributed by atoms with van der Waals surface area (Å²) in [6, 6.07) is 1.77. The highest BCUT2D eigenvalue weighted by molar-refractivity contribution is 7.98. The van der Waals surface area contributed by atoms with Gasteiger partial charge in [0.25, 0.3) is 0 Å². The first-order chi connectivity index (χ1) is 11.2. The van der Waals surface area contributed by atoms with Crippen LogP contribution in [-0.4, -0.2) is 59.5 Å². The molecule has 1 aliphatic heterocycles. The molecule has 8 heteroatoms. The number of anilines is 1. The normalized spacial score (nSPS) is 17.9. The summed E-state index contributed by atoms with van der Waals surface area (Å²) in [4.78, 5) is 24.6. The number of nitrogens with zero attached hydrogens (tertiary/aromatic N) is 4. The van der Waals surface area contributed by atoms with Gasteiger partial charge in [-0.05, 0) is 39.4 Å². The van der Waals surface area contributed by atoms with Gasteiger partial charge in [0.2, 0.25) is 0 Å². The number of rotatable bonds is 4. The fourth-order valence-electron chi connectivity index (χ4n) is 2.63. The molecule has 1 fully saturated rings. The zero-order valence-corrected chi connectivity index (χ0v) is 16.4. The summed E-state index contributed by atoms with van der Waals surface area (Å²) >= 11 is 7.52. The molecule has 0 radical (unpaired) electrons. The average molecular weight is 373 g/mol. The average Bonchev–Trinajstić information content (AvgIpc) is 2.93. The first-order valence-corrected chi connectivity index (χ1v) is 9.56. The van der Waals surface area contributed by atoms with Crippen molar-refractivity contribution in [1.29, 1.82) is 0 Å². The molecule has 0 bridgehead atoms. The summed E-state index contributed by atoms with van der Waals surface area (Å²) in [5, 5.41) is 1.10. The first kappa shape index (κ1) is 19.1. The third-order valence-corrected chi connectivity index (χ3v) is 4.45. The van der Waals surface area contributed by atoms with Crippen molar-refractivity contribution in [3.05, 3.63) is 11.2 Å². The Kier molecular flexibility index (Phi) is 6.20. The Morgan fingerprint density at radius 2 is 2.21 bits per heavy atom. The first-order valence-electron chi connectivity index (χ1n) is 7.95. The molecule has 1 aromatic rings. The van der Waals surface area contributed by atoms with Crippen molar-refractivity contribution in [3.63, 3.8) is 0 Å². The minimum atomic E-state index is -0.460. The maximum Gasteiger partial charge on any atom is 0.410 e. The molecule has 1 aliphatic rings. The SMILES string of the molecule is CSc1nc(Cl)cc(N(C)C[C@H]2CCN(C(=O)OC(C)(C)C)C2)n1. The van der Waals surface area contributed by atoms with Gasteiger partial charge in [-0.15, -0.1) is 0 Å². The van der Waals surface area contributed by atoms with E-state index in [9.17, 15) is 4.79 Å². The van der Waals surface area contributed by atoms with Crippen LogP contribution in [0, 0.1) is 5.92 Å². The van der Waals surface area contributed by atoms with E-state index in [1.165, 1.54) is 11.8 Å². The minimum Gasteiger partial charge on any atom is -0.444 e. The van der Waals surface area contributed by atoms with Crippen LogP contribution >= 0.6 is 23.4 Å². The van der Waals surface area contributed by atoms with Crippen molar-refractivity contribution in [3.8, 4) is 0 Å². The minimum absolute atomic E-state index is 0.234. The number of hydrogen-bond donors (Lipinski definition) is 0. The third kappa shape index (κ3) is 5.41. The number of carbonyl (C=O) groups is 1. The lowest BCUT2D eigenvalue weighted by Crippen LogP contribution is -2.36. The Morgan fingerprint density at radius 3 is 2.83 bits per heavy atom. The van der Waals surface area contributed by atoms with Gasteiger partial charge in [-0.3, -0.25) is 0 Å². The zero-order chi connectivity index (χ0) is 17.9. The number of halogens is 1. The Hall–Kier alpha value is -1.21. The lowest BCUT2D eigenvalue weighted by molar-refractivity contribution is 0.0288. The quantitative estimate of drug-likeness (QED) is 0.457. The topological polar surface area (TPSA) is 58.6 Å². The van der Waals surface area contributed by atoms with E-state index in [4.69, 9.17) is 16.3 Å². The van der Waals surface area contributed by atoms with Crippen molar-refractivity contribution in [2.45, 2.75) is 37.9 Å². The molecular formula is C16H25ClN4O2S. The van der Waals surface area contributed by atoms with E-state index >= 15 is 0 Å². The van der Waals surface area contributed by atoms with E-state index in [-0.39, 0.29) is 6.09 Å². The second-order valence-corrected chi connectivity index (χ2v) is 8.16. The molecule has 1 amide bonds. The fourth-order valence-corrected chi connectivity index (χ4v) is 3.23. The highest BCUT2D eigenvalue weighted by Gasteiger charge is 2.30. The van der Waals surface area contributed by atoms with Gasteiger partial charge >= 0.3 is 6.09 Å². The Morgan fingerprint density at radius 1 is 1.50 bits per heavy atom. The molecule has 1 saturated heterocycles. The van der Waals surface area contributed by atoms with E-state index in [0.29, 0.717) is 22.8 Å². The van der Waals surface area contributed by atoms with Gasteiger partial charge in [0, 0.05) is 32.7 Å². The highest BCUT2D eigenvalue weighted by atomic mass is 35.5. The maximum atomic E-state index is 12.1. The number of ether oxygens (including phenoxy) is 1. The molecule has 0 aliphatic carbocycles. The lowest BCUT2D eigenvalue weighted by atomic mass is 10.1. The summed E-state index contributed by atoms with van der Waals surface area (Å²) < 4.78 is 5.44. The van der Waals surface area contributed by atoms with Gasteiger partial charge in [0.1, 0.15) is 16.6 Å². The van der Waals surface area contributed by atoms with Gasteiger partial charge in [-0.2, -0.15) is 0 Å². The van der Waals surface area contributed by atoms with Crippen molar-refractivity contribution >= 4 is 35.3 Å². The van der Waals surface area contributed by atoms with Crippen LogP contribution < -0.4 is 4.90 Å². The summed E-state index contributed by atoms with van der Waals surface area (Å²) in [6.45, 7) is 7.89.